The van der Waals surface area contributed by atoms with Gasteiger partial charge in [-0.2, -0.15) is 0 Å². The van der Waals surface area contributed by atoms with E-state index in [4.69, 9.17) is 9.30 Å². The van der Waals surface area contributed by atoms with Crippen LogP contribution in [0.4, 0.5) is 0 Å². The maximum Gasteiger partial charge on any atom is 0 e. The molecule has 0 aliphatic carbocycles. The topological polar surface area (TPSA) is 79.9 Å². The van der Waals surface area contributed by atoms with Crippen molar-refractivity contribution in [2.45, 2.75) is 13.8 Å². The zero-order valence-electron chi connectivity index (χ0n) is 6.54. The van der Waals surface area contributed by atoms with E-state index in [0.717, 1.165) is 6.08 Å². The van der Waals surface area contributed by atoms with Crippen molar-refractivity contribution in [1.82, 2.24) is 0 Å². The Morgan fingerprint density at radius 2 is 1.50 bits per heavy atom. The minimum atomic E-state index is -0.187. The molecule has 0 spiro atoms. The Bertz CT molecular complexity index is 159. The second-order valence-electron chi connectivity index (χ2n) is 1.37. The summed E-state index contributed by atoms with van der Waals surface area (Å²) in [5.74, 6) is -0.375. The van der Waals surface area contributed by atoms with Gasteiger partial charge in [-0.1, -0.05) is 6.92 Å². The third-order valence-corrected chi connectivity index (χ3v) is 0.407. The number of carbonyl (C=O) groups is 1. The van der Waals surface area contributed by atoms with Crippen LogP contribution in [-0.4, -0.2) is 5.78 Å². The second kappa shape index (κ2) is 22.4. The van der Waals surface area contributed by atoms with Crippen LogP contribution in [0.2, 0.25) is 0 Å². The predicted octanol–water partition coefficient (Wildman–Crippen LogP) is -0.238. The van der Waals surface area contributed by atoms with Crippen LogP contribution in [-0.2, 0) is 33.6 Å². The van der Waals surface area contributed by atoms with Crippen molar-refractivity contribution in [3.63, 3.8) is 0 Å². The van der Waals surface area contributed by atoms with Crippen LogP contribution < -0.4 is 5.11 Å². The molecular formula is C7H7O4Rh-. The number of allylic oxidation sites excluding steroid dienone is 2. The Labute approximate surface area is 83.9 Å². The molecule has 0 rings (SSSR count). The van der Waals surface area contributed by atoms with E-state index in [2.05, 4.69) is 13.3 Å². The van der Waals surface area contributed by atoms with E-state index < -0.39 is 0 Å². The first-order valence-corrected chi connectivity index (χ1v) is 2.39. The van der Waals surface area contributed by atoms with Crippen LogP contribution in [0.3, 0.4) is 0 Å². The number of ketones is 1. The fraction of sp³-hybridized carbons (Fsp3) is 0.286. The molecule has 0 heterocycles. The van der Waals surface area contributed by atoms with Gasteiger partial charge in [0.1, 0.15) is 0 Å². The van der Waals surface area contributed by atoms with E-state index in [0.29, 0.717) is 0 Å². The van der Waals surface area contributed by atoms with Gasteiger partial charge in [0.05, 0.1) is 0 Å². The summed E-state index contributed by atoms with van der Waals surface area (Å²) in [6.45, 7) is 11.7. The zero-order chi connectivity index (χ0) is 9.86. The first kappa shape index (κ1) is 22.5. The Kier molecular flexibility index (Phi) is 42.1. The third kappa shape index (κ3) is 58.6. The summed E-state index contributed by atoms with van der Waals surface area (Å²) >= 11 is 0. The van der Waals surface area contributed by atoms with Crippen molar-refractivity contribution < 1.29 is 38.7 Å². The van der Waals surface area contributed by atoms with Crippen LogP contribution in [0.1, 0.15) is 13.8 Å². The molecule has 0 saturated carbocycles. The Hall–Kier alpha value is -0.687. The molecular weight excluding hydrogens is 251 g/mol. The summed E-state index contributed by atoms with van der Waals surface area (Å²) in [7, 11) is 0. The van der Waals surface area contributed by atoms with Crippen molar-refractivity contribution in [2.75, 3.05) is 0 Å². The molecule has 0 amide bonds. The average Bonchev–Trinajstić information content (AvgIpc) is 1.93. The van der Waals surface area contributed by atoms with Crippen molar-refractivity contribution in [2.24, 2.45) is 0 Å². The molecule has 12 heavy (non-hydrogen) atoms. The standard InChI is InChI=1S/C5H8O2.2CO.Rh/c1-4(6)3-5(2)7;2*1-2;/h3,6H,1-2H3;;;/p-1. The quantitative estimate of drug-likeness (QED) is 0.214. The third-order valence-electron chi connectivity index (χ3n) is 0.407. The molecule has 0 saturated heterocycles. The zero-order valence-corrected chi connectivity index (χ0v) is 8.18. The van der Waals surface area contributed by atoms with Gasteiger partial charge >= 0.3 is 22.6 Å². The summed E-state index contributed by atoms with van der Waals surface area (Å²) in [5, 5.41) is 9.98. The number of hydrogen-bond donors (Lipinski definition) is 0. The molecule has 0 unspecified atom stereocenters. The molecule has 1 radical (unpaired) electrons. The van der Waals surface area contributed by atoms with Crippen molar-refractivity contribution in [1.29, 1.82) is 0 Å². The maximum atomic E-state index is 9.98. The molecule has 0 aromatic carbocycles. The van der Waals surface area contributed by atoms with E-state index in [1.807, 2.05) is 0 Å². The van der Waals surface area contributed by atoms with Gasteiger partial charge in [-0.15, -0.1) is 5.76 Å². The molecule has 0 atom stereocenters. The molecule has 0 fully saturated rings. The van der Waals surface area contributed by atoms with Gasteiger partial charge in [0.25, 0.3) is 0 Å². The van der Waals surface area contributed by atoms with E-state index >= 15 is 0 Å². The van der Waals surface area contributed by atoms with Crippen LogP contribution >= 0.6 is 0 Å². The second-order valence-corrected chi connectivity index (χ2v) is 1.37. The first-order chi connectivity index (χ1) is 5.13. The summed E-state index contributed by atoms with van der Waals surface area (Å²) in [6, 6.07) is 0. The van der Waals surface area contributed by atoms with Gasteiger partial charge in [0.2, 0.25) is 0 Å². The SMILES string of the molecule is CC(=O)C=C(C)[O-].[C-]#[O+].[C-]#[O+].[Rh]. The molecule has 0 aromatic heterocycles. The molecule has 0 bridgehead atoms. The molecule has 5 heteroatoms. The average molecular weight is 258 g/mol. The number of hydrogen-bond acceptors (Lipinski definition) is 2. The number of rotatable bonds is 1. The monoisotopic (exact) mass is 258 g/mol. The summed E-state index contributed by atoms with van der Waals surface area (Å²) in [6.07, 6.45) is 1.06. The van der Waals surface area contributed by atoms with Gasteiger partial charge in [0.15, 0.2) is 5.78 Å². The molecule has 0 aliphatic heterocycles. The van der Waals surface area contributed by atoms with Crippen LogP contribution in [0.5, 0.6) is 0 Å². The molecule has 0 N–H and O–H groups in total. The summed E-state index contributed by atoms with van der Waals surface area (Å²) in [4.78, 5) is 9.98. The molecule has 0 aliphatic rings. The maximum absolute atomic E-state index is 9.98. The normalized spacial score (nSPS) is 7.00. The molecule has 69 valence electrons. The van der Waals surface area contributed by atoms with E-state index in [1.165, 1.54) is 13.8 Å². The van der Waals surface area contributed by atoms with E-state index in [-0.39, 0.29) is 31.0 Å². The predicted molar refractivity (Wildman–Crippen MR) is 32.3 cm³/mol. The fourth-order valence-corrected chi connectivity index (χ4v) is 0.286. The first-order valence-electron chi connectivity index (χ1n) is 2.39. The Balaban J connectivity index is -0.0000000560. The number of carbonyl (C=O) groups excluding carboxylic acids is 1. The van der Waals surface area contributed by atoms with Crippen LogP contribution in [0.25, 0.3) is 0 Å². The molecule has 4 nitrogen and oxygen atoms in total. The smallest absolute Gasteiger partial charge is 0 e. The van der Waals surface area contributed by atoms with E-state index in [9.17, 15) is 9.90 Å². The van der Waals surface area contributed by atoms with Crippen LogP contribution in [0, 0.1) is 13.3 Å². The Morgan fingerprint density at radius 3 is 1.50 bits per heavy atom. The van der Waals surface area contributed by atoms with Gasteiger partial charge in [-0.25, -0.2) is 0 Å². The van der Waals surface area contributed by atoms with E-state index in [1.54, 1.807) is 0 Å². The van der Waals surface area contributed by atoms with Gasteiger partial charge in [0, 0.05) is 19.5 Å². The van der Waals surface area contributed by atoms with Gasteiger partial charge in [-0.3, -0.25) is 4.79 Å². The fourth-order valence-electron chi connectivity index (χ4n) is 0.286. The summed E-state index contributed by atoms with van der Waals surface area (Å²) < 4.78 is 15.0. The van der Waals surface area contributed by atoms with Crippen molar-refractivity contribution in [3.8, 4) is 0 Å². The van der Waals surface area contributed by atoms with Gasteiger partial charge < -0.3 is 5.11 Å². The van der Waals surface area contributed by atoms with Gasteiger partial charge in [-0.05, 0) is 13.0 Å². The minimum Gasteiger partial charge on any atom is 0 e. The largest absolute Gasteiger partial charge is 0 e. The van der Waals surface area contributed by atoms with Crippen LogP contribution in [0.15, 0.2) is 11.8 Å². The molecule has 0 aromatic rings. The summed E-state index contributed by atoms with van der Waals surface area (Å²) in [5.41, 5.74) is 0. The van der Waals surface area contributed by atoms with Crippen molar-refractivity contribution in [3.05, 3.63) is 25.1 Å². The Morgan fingerprint density at radius 1 is 1.25 bits per heavy atom. The van der Waals surface area contributed by atoms with Crippen molar-refractivity contribution >= 4 is 5.78 Å². The minimum absolute atomic E-state index is 0.